The topological polar surface area (TPSA) is 84.2 Å². The third-order valence-electron chi connectivity index (χ3n) is 5.40. The van der Waals surface area contributed by atoms with Crippen molar-refractivity contribution in [2.45, 2.75) is 19.9 Å². The van der Waals surface area contributed by atoms with Gasteiger partial charge in [0.05, 0.1) is 18.4 Å². The molecule has 0 saturated heterocycles. The highest BCUT2D eigenvalue weighted by Gasteiger charge is 2.51. The quantitative estimate of drug-likeness (QED) is 0.811. The average molecular weight is 351 g/mol. The zero-order chi connectivity index (χ0) is 18.3. The highest BCUT2D eigenvalue weighted by molar-refractivity contribution is 5.95. The molecule has 0 aliphatic heterocycles. The largest absolute Gasteiger partial charge is 0.481 e. The van der Waals surface area contributed by atoms with Gasteiger partial charge in [0, 0.05) is 12.3 Å². The molecule has 6 nitrogen and oxygen atoms in total. The Labute approximate surface area is 151 Å². The van der Waals surface area contributed by atoms with Gasteiger partial charge in [0.2, 0.25) is 5.91 Å². The number of hydrogen-bond donors (Lipinski definition) is 2. The molecule has 1 fully saturated rings. The number of aryl methyl sites for hydroxylation is 1. The Morgan fingerprint density at radius 1 is 1.15 bits per heavy atom. The molecule has 0 spiro atoms. The van der Waals surface area contributed by atoms with Crippen LogP contribution in [0.5, 0.6) is 0 Å². The van der Waals surface area contributed by atoms with Crippen LogP contribution >= 0.6 is 0 Å². The highest BCUT2D eigenvalue weighted by Crippen LogP contribution is 2.48. The predicted octanol–water partition coefficient (Wildman–Crippen LogP) is 2.70. The summed E-state index contributed by atoms with van der Waals surface area (Å²) in [6.45, 7) is 2.66. The number of nitrogens with zero attached hydrogens (tertiary/aromatic N) is 2. The number of benzene rings is 1. The van der Waals surface area contributed by atoms with Crippen molar-refractivity contribution in [3.05, 3.63) is 59.8 Å². The van der Waals surface area contributed by atoms with E-state index in [0.29, 0.717) is 12.4 Å². The standard InChI is InChI=1S/C20H21N3O3/c1-12-2-4-13(5-3-12)11-23-9-8-16(22-23)21-19(24)17-14-6-7-15(10-14)18(17)20(25)26/h2-9,14-15,17-18H,10-11H2,1H3,(H,25,26)(H,21,22,24)/t14-,15-,17-,18-/m0/s1. The summed E-state index contributed by atoms with van der Waals surface area (Å²) in [5, 5.41) is 16.7. The van der Waals surface area contributed by atoms with Crippen LogP contribution < -0.4 is 5.32 Å². The Bertz CT molecular complexity index is 869. The van der Waals surface area contributed by atoms with Crippen molar-refractivity contribution in [3.8, 4) is 0 Å². The van der Waals surface area contributed by atoms with Crippen LogP contribution in [0.2, 0.25) is 0 Å². The van der Waals surface area contributed by atoms with Crippen molar-refractivity contribution >= 4 is 17.7 Å². The predicted molar refractivity (Wildman–Crippen MR) is 96.5 cm³/mol. The van der Waals surface area contributed by atoms with E-state index in [1.54, 1.807) is 10.7 Å². The molecule has 4 rings (SSSR count). The second-order valence-corrected chi connectivity index (χ2v) is 7.21. The molecule has 1 heterocycles. The van der Waals surface area contributed by atoms with Gasteiger partial charge >= 0.3 is 5.97 Å². The van der Waals surface area contributed by atoms with Gasteiger partial charge in [-0.1, -0.05) is 42.0 Å². The molecule has 0 unspecified atom stereocenters. The molecular formula is C20H21N3O3. The van der Waals surface area contributed by atoms with Gasteiger partial charge in [0.15, 0.2) is 5.82 Å². The van der Waals surface area contributed by atoms with Crippen molar-refractivity contribution in [2.75, 3.05) is 5.32 Å². The summed E-state index contributed by atoms with van der Waals surface area (Å²) in [4.78, 5) is 24.2. The number of carbonyl (C=O) groups excluding carboxylic acids is 1. The number of fused-ring (bicyclic) bond motifs is 2. The van der Waals surface area contributed by atoms with Crippen molar-refractivity contribution in [1.29, 1.82) is 0 Å². The van der Waals surface area contributed by atoms with E-state index in [1.807, 2.05) is 37.4 Å². The van der Waals surface area contributed by atoms with Crippen molar-refractivity contribution in [3.63, 3.8) is 0 Å². The van der Waals surface area contributed by atoms with Gasteiger partial charge in [-0.05, 0) is 30.7 Å². The van der Waals surface area contributed by atoms with E-state index in [0.717, 1.165) is 12.0 Å². The van der Waals surface area contributed by atoms with E-state index in [1.165, 1.54) is 5.56 Å². The molecule has 4 atom stereocenters. The minimum Gasteiger partial charge on any atom is -0.481 e. The Hall–Kier alpha value is -2.89. The SMILES string of the molecule is Cc1ccc(Cn2ccc(NC(=O)[C@@H]3[C@@H](C(=O)O)[C@H]4C=C[C@H]3C4)n2)cc1. The maximum Gasteiger partial charge on any atom is 0.307 e. The molecule has 2 bridgehead atoms. The number of rotatable bonds is 5. The second-order valence-electron chi connectivity index (χ2n) is 7.21. The first kappa shape index (κ1) is 16.6. The van der Waals surface area contributed by atoms with Crippen LogP contribution in [0.4, 0.5) is 5.82 Å². The summed E-state index contributed by atoms with van der Waals surface area (Å²) in [6.07, 6.45) is 6.47. The average Bonchev–Trinajstić information content (AvgIpc) is 3.32. The van der Waals surface area contributed by atoms with Gasteiger partial charge < -0.3 is 10.4 Å². The number of aliphatic carboxylic acids is 1. The maximum atomic E-state index is 12.7. The molecule has 134 valence electrons. The number of carbonyl (C=O) groups is 2. The van der Waals surface area contributed by atoms with Crippen molar-refractivity contribution < 1.29 is 14.7 Å². The van der Waals surface area contributed by atoms with E-state index in [-0.39, 0.29) is 17.7 Å². The Morgan fingerprint density at radius 2 is 1.85 bits per heavy atom. The van der Waals surface area contributed by atoms with Crippen LogP contribution in [-0.4, -0.2) is 26.8 Å². The third kappa shape index (κ3) is 3.03. The van der Waals surface area contributed by atoms with Gasteiger partial charge in [-0.25, -0.2) is 0 Å². The summed E-state index contributed by atoms with van der Waals surface area (Å²) in [5.74, 6) is -1.88. The highest BCUT2D eigenvalue weighted by atomic mass is 16.4. The molecular weight excluding hydrogens is 330 g/mol. The fraction of sp³-hybridized carbons (Fsp3) is 0.350. The van der Waals surface area contributed by atoms with Gasteiger partial charge in [-0.3, -0.25) is 14.3 Å². The number of carboxylic acids is 1. The van der Waals surface area contributed by atoms with Crippen LogP contribution in [0.25, 0.3) is 0 Å². The molecule has 1 aromatic heterocycles. The van der Waals surface area contributed by atoms with E-state index in [2.05, 4.69) is 22.5 Å². The van der Waals surface area contributed by atoms with Gasteiger partial charge in [-0.15, -0.1) is 0 Å². The van der Waals surface area contributed by atoms with Gasteiger partial charge in [0.25, 0.3) is 0 Å². The monoisotopic (exact) mass is 351 g/mol. The number of allylic oxidation sites excluding steroid dienone is 2. The van der Waals surface area contributed by atoms with E-state index < -0.39 is 17.8 Å². The van der Waals surface area contributed by atoms with Crippen LogP contribution in [0, 0.1) is 30.6 Å². The Morgan fingerprint density at radius 3 is 2.54 bits per heavy atom. The molecule has 6 heteroatoms. The maximum absolute atomic E-state index is 12.7. The summed E-state index contributed by atoms with van der Waals surface area (Å²) < 4.78 is 1.76. The summed E-state index contributed by atoms with van der Waals surface area (Å²) >= 11 is 0. The smallest absolute Gasteiger partial charge is 0.307 e. The third-order valence-corrected chi connectivity index (χ3v) is 5.40. The van der Waals surface area contributed by atoms with E-state index >= 15 is 0 Å². The molecule has 2 N–H and O–H groups in total. The zero-order valence-electron chi connectivity index (χ0n) is 14.5. The first-order valence-electron chi connectivity index (χ1n) is 8.82. The van der Waals surface area contributed by atoms with E-state index in [4.69, 9.17) is 0 Å². The van der Waals surface area contributed by atoms with E-state index in [9.17, 15) is 14.7 Å². The molecule has 2 aliphatic carbocycles. The van der Waals surface area contributed by atoms with Gasteiger partial charge in [0.1, 0.15) is 0 Å². The first-order valence-corrected chi connectivity index (χ1v) is 8.82. The Balaban J connectivity index is 1.44. The van der Waals surface area contributed by atoms with Crippen molar-refractivity contribution in [2.24, 2.45) is 23.7 Å². The number of amides is 1. The minimum atomic E-state index is -0.896. The lowest BCUT2D eigenvalue weighted by Gasteiger charge is -2.23. The molecule has 1 aromatic carbocycles. The van der Waals surface area contributed by atoms with Crippen LogP contribution in [0.3, 0.4) is 0 Å². The number of anilines is 1. The lowest BCUT2D eigenvalue weighted by Crippen LogP contribution is -2.36. The summed E-state index contributed by atoms with van der Waals surface area (Å²) in [7, 11) is 0. The van der Waals surface area contributed by atoms with Crippen molar-refractivity contribution in [1.82, 2.24) is 9.78 Å². The summed E-state index contributed by atoms with van der Waals surface area (Å²) in [6, 6.07) is 9.94. The van der Waals surface area contributed by atoms with Crippen LogP contribution in [-0.2, 0) is 16.1 Å². The molecule has 2 aliphatic rings. The van der Waals surface area contributed by atoms with Crippen LogP contribution in [0.15, 0.2) is 48.7 Å². The minimum absolute atomic E-state index is 0.00995. The Kier molecular flexibility index (Phi) is 4.11. The zero-order valence-corrected chi connectivity index (χ0v) is 14.5. The molecule has 1 amide bonds. The number of nitrogens with one attached hydrogen (secondary N) is 1. The fourth-order valence-electron chi connectivity index (χ4n) is 4.12. The lowest BCUT2D eigenvalue weighted by molar-refractivity contribution is -0.146. The number of hydrogen-bond acceptors (Lipinski definition) is 3. The first-order chi connectivity index (χ1) is 12.5. The van der Waals surface area contributed by atoms with Crippen LogP contribution in [0.1, 0.15) is 17.5 Å². The second kappa shape index (κ2) is 6.44. The van der Waals surface area contributed by atoms with Gasteiger partial charge in [-0.2, -0.15) is 5.10 Å². The number of carboxylic acid groups (broad SMARTS) is 1. The molecule has 2 aromatic rings. The summed E-state index contributed by atoms with van der Waals surface area (Å²) in [5.41, 5.74) is 2.33. The molecule has 1 saturated carbocycles. The fourth-order valence-corrected chi connectivity index (χ4v) is 4.12. The lowest BCUT2D eigenvalue weighted by atomic mass is 9.82. The normalized spacial score (nSPS) is 26.2. The number of aromatic nitrogens is 2. The molecule has 26 heavy (non-hydrogen) atoms. The molecule has 0 radical (unpaired) electrons.